The van der Waals surface area contributed by atoms with Crippen LogP contribution in [0.2, 0.25) is 5.02 Å². The van der Waals surface area contributed by atoms with E-state index in [1.54, 1.807) is 0 Å². The van der Waals surface area contributed by atoms with E-state index in [2.05, 4.69) is 10.5 Å². The van der Waals surface area contributed by atoms with Gasteiger partial charge in [-0.3, -0.25) is 5.84 Å². The fourth-order valence-corrected chi connectivity index (χ4v) is 2.45. The van der Waals surface area contributed by atoms with Gasteiger partial charge in [0.1, 0.15) is 0 Å². The normalized spacial score (nSPS) is 12.3. The lowest BCUT2D eigenvalue weighted by Crippen LogP contribution is -2.29. The Labute approximate surface area is 128 Å². The number of hydrogen-bond acceptors (Lipinski definition) is 3. The van der Waals surface area contributed by atoms with Crippen LogP contribution in [0.5, 0.6) is 0 Å². The van der Waals surface area contributed by atoms with Gasteiger partial charge in [-0.05, 0) is 35.9 Å². The van der Waals surface area contributed by atoms with Gasteiger partial charge in [-0.1, -0.05) is 41.9 Å². The molecule has 0 saturated carbocycles. The van der Waals surface area contributed by atoms with E-state index >= 15 is 0 Å². The van der Waals surface area contributed by atoms with Crippen LogP contribution in [-0.4, -0.2) is 9.78 Å². The predicted molar refractivity (Wildman–Crippen MR) is 84.2 cm³/mol. The van der Waals surface area contributed by atoms with Crippen molar-refractivity contribution >= 4 is 11.6 Å². The average molecular weight is 299 g/mol. The Morgan fingerprint density at radius 1 is 1.05 bits per heavy atom. The second-order valence-electron chi connectivity index (χ2n) is 4.68. The number of halogens is 1. The molecule has 0 fully saturated rings. The van der Waals surface area contributed by atoms with E-state index in [4.69, 9.17) is 17.4 Å². The first kappa shape index (κ1) is 13.8. The average Bonchev–Trinajstić information content (AvgIpc) is 2.99. The van der Waals surface area contributed by atoms with Crippen molar-refractivity contribution < 1.29 is 0 Å². The van der Waals surface area contributed by atoms with Crippen LogP contribution < -0.4 is 11.3 Å². The van der Waals surface area contributed by atoms with E-state index in [1.807, 2.05) is 71.5 Å². The van der Waals surface area contributed by atoms with Gasteiger partial charge < -0.3 is 0 Å². The third-order valence-electron chi connectivity index (χ3n) is 3.27. The predicted octanol–water partition coefficient (Wildman–Crippen LogP) is 3.08. The fourth-order valence-electron chi connectivity index (χ4n) is 2.26. The number of nitrogens with zero attached hydrogens (tertiary/aromatic N) is 2. The molecule has 0 spiro atoms. The molecule has 1 atom stereocenters. The van der Waals surface area contributed by atoms with Crippen molar-refractivity contribution in [3.63, 3.8) is 0 Å². The molecule has 0 amide bonds. The van der Waals surface area contributed by atoms with Crippen molar-refractivity contribution in [2.75, 3.05) is 0 Å². The molecule has 0 saturated heterocycles. The maximum atomic E-state index is 6.04. The molecule has 21 heavy (non-hydrogen) atoms. The van der Waals surface area contributed by atoms with Gasteiger partial charge in [-0.25, -0.2) is 10.1 Å². The highest BCUT2D eigenvalue weighted by atomic mass is 35.5. The highest BCUT2D eigenvalue weighted by Gasteiger charge is 2.15. The van der Waals surface area contributed by atoms with Gasteiger partial charge in [0.05, 0.1) is 17.4 Å². The van der Waals surface area contributed by atoms with Gasteiger partial charge in [0, 0.05) is 11.2 Å². The lowest BCUT2D eigenvalue weighted by Gasteiger charge is -2.14. The summed E-state index contributed by atoms with van der Waals surface area (Å²) in [7, 11) is 0. The molecule has 0 aliphatic carbocycles. The van der Waals surface area contributed by atoms with Gasteiger partial charge in [0.25, 0.3) is 0 Å². The van der Waals surface area contributed by atoms with Crippen molar-refractivity contribution in [1.82, 2.24) is 15.2 Å². The zero-order chi connectivity index (χ0) is 14.7. The van der Waals surface area contributed by atoms with E-state index < -0.39 is 0 Å². The zero-order valence-corrected chi connectivity index (χ0v) is 12.0. The van der Waals surface area contributed by atoms with Crippen LogP contribution in [-0.2, 0) is 0 Å². The van der Waals surface area contributed by atoms with Crippen molar-refractivity contribution in [2.45, 2.75) is 6.04 Å². The molecule has 5 heteroatoms. The molecule has 2 aromatic carbocycles. The molecule has 1 unspecified atom stereocenters. The molecule has 3 aromatic rings. The number of aromatic nitrogens is 2. The van der Waals surface area contributed by atoms with Crippen LogP contribution in [0.25, 0.3) is 5.69 Å². The standard InChI is InChI=1S/C16H15ClN4/c17-13-6-4-5-12(11-13)16(19-18)15-9-10-21(20-15)14-7-2-1-3-8-14/h1-11,16,19H,18H2. The summed E-state index contributed by atoms with van der Waals surface area (Å²) in [4.78, 5) is 0. The van der Waals surface area contributed by atoms with Crippen molar-refractivity contribution in [1.29, 1.82) is 0 Å². The lowest BCUT2D eigenvalue weighted by molar-refractivity contribution is 0.612. The zero-order valence-electron chi connectivity index (χ0n) is 11.3. The number of nitrogens with two attached hydrogens (primary N) is 1. The highest BCUT2D eigenvalue weighted by molar-refractivity contribution is 6.30. The molecular weight excluding hydrogens is 284 g/mol. The molecule has 4 nitrogen and oxygen atoms in total. The molecule has 0 bridgehead atoms. The molecular formula is C16H15ClN4. The molecule has 1 aromatic heterocycles. The molecule has 0 radical (unpaired) electrons. The first-order valence-electron chi connectivity index (χ1n) is 6.60. The number of hydrazine groups is 1. The second kappa shape index (κ2) is 6.10. The van der Waals surface area contributed by atoms with Crippen LogP contribution >= 0.6 is 11.6 Å². The van der Waals surface area contributed by atoms with Gasteiger partial charge in [0.15, 0.2) is 0 Å². The van der Waals surface area contributed by atoms with E-state index in [0.29, 0.717) is 5.02 Å². The molecule has 3 rings (SSSR count). The maximum absolute atomic E-state index is 6.04. The van der Waals surface area contributed by atoms with Crippen LogP contribution in [0.3, 0.4) is 0 Å². The monoisotopic (exact) mass is 298 g/mol. The van der Waals surface area contributed by atoms with Crippen molar-refractivity contribution in [2.24, 2.45) is 5.84 Å². The molecule has 3 N–H and O–H groups in total. The highest BCUT2D eigenvalue weighted by Crippen LogP contribution is 2.23. The smallest absolute Gasteiger partial charge is 0.0900 e. The first-order chi connectivity index (χ1) is 10.3. The minimum atomic E-state index is -0.200. The molecule has 106 valence electrons. The summed E-state index contributed by atoms with van der Waals surface area (Å²) in [5, 5.41) is 5.26. The van der Waals surface area contributed by atoms with Gasteiger partial charge in [-0.15, -0.1) is 0 Å². The van der Waals surface area contributed by atoms with Crippen LogP contribution in [0.15, 0.2) is 66.9 Å². The van der Waals surface area contributed by atoms with E-state index in [-0.39, 0.29) is 6.04 Å². The Balaban J connectivity index is 1.94. The van der Waals surface area contributed by atoms with Crippen molar-refractivity contribution in [3.8, 4) is 5.69 Å². The van der Waals surface area contributed by atoms with Crippen LogP contribution in [0, 0.1) is 0 Å². The Morgan fingerprint density at radius 3 is 2.57 bits per heavy atom. The van der Waals surface area contributed by atoms with Crippen LogP contribution in [0.1, 0.15) is 17.3 Å². The van der Waals surface area contributed by atoms with E-state index in [9.17, 15) is 0 Å². The SMILES string of the molecule is NNC(c1cccc(Cl)c1)c1ccn(-c2ccccc2)n1. The quantitative estimate of drug-likeness (QED) is 0.575. The number of nitrogens with one attached hydrogen (secondary N) is 1. The van der Waals surface area contributed by atoms with Gasteiger partial charge in [0.2, 0.25) is 0 Å². The summed E-state index contributed by atoms with van der Waals surface area (Å²) in [5.74, 6) is 5.69. The molecule has 1 heterocycles. The van der Waals surface area contributed by atoms with Crippen molar-refractivity contribution in [3.05, 3.63) is 83.1 Å². The largest absolute Gasteiger partial charge is 0.271 e. The van der Waals surface area contributed by atoms with Gasteiger partial charge in [-0.2, -0.15) is 5.10 Å². The number of benzene rings is 2. The van der Waals surface area contributed by atoms with Gasteiger partial charge >= 0.3 is 0 Å². The van der Waals surface area contributed by atoms with Crippen LogP contribution in [0.4, 0.5) is 0 Å². The number of rotatable bonds is 4. The summed E-state index contributed by atoms with van der Waals surface area (Å²) in [6, 6.07) is 19.3. The first-order valence-corrected chi connectivity index (χ1v) is 6.98. The molecule has 0 aliphatic heterocycles. The summed E-state index contributed by atoms with van der Waals surface area (Å²) < 4.78 is 1.82. The second-order valence-corrected chi connectivity index (χ2v) is 5.11. The Hall–Kier alpha value is -2.14. The minimum Gasteiger partial charge on any atom is -0.271 e. The van der Waals surface area contributed by atoms with E-state index in [1.165, 1.54) is 0 Å². The van der Waals surface area contributed by atoms with E-state index in [0.717, 1.165) is 16.9 Å². The third kappa shape index (κ3) is 2.97. The lowest BCUT2D eigenvalue weighted by atomic mass is 10.1. The minimum absolute atomic E-state index is 0.200. The molecule has 0 aliphatic rings. The summed E-state index contributed by atoms with van der Waals surface area (Å²) in [6.07, 6.45) is 1.92. The Kier molecular flexibility index (Phi) is 4.01. The Bertz CT molecular complexity index is 724. The Morgan fingerprint density at radius 2 is 1.86 bits per heavy atom. The summed E-state index contributed by atoms with van der Waals surface area (Å²) >= 11 is 6.04. The topological polar surface area (TPSA) is 55.9 Å². The number of para-hydroxylation sites is 1. The summed E-state index contributed by atoms with van der Waals surface area (Å²) in [6.45, 7) is 0. The summed E-state index contributed by atoms with van der Waals surface area (Å²) in [5.41, 5.74) is 5.61. The third-order valence-corrected chi connectivity index (χ3v) is 3.51. The fraction of sp³-hybridized carbons (Fsp3) is 0.0625. The maximum Gasteiger partial charge on any atom is 0.0900 e. The number of hydrogen-bond donors (Lipinski definition) is 2.